The van der Waals surface area contributed by atoms with Crippen LogP contribution in [-0.4, -0.2) is 17.6 Å². The number of nitrogens with one attached hydrogen (secondary N) is 2. The smallest absolute Gasteiger partial charge is 0.338 e. The lowest BCUT2D eigenvalue weighted by Gasteiger charge is -2.25. The second kappa shape index (κ2) is 6.87. The second-order valence-electron chi connectivity index (χ2n) is 6.95. The number of hydrogen-bond acceptors (Lipinski definition) is 3. The lowest BCUT2D eigenvalue weighted by atomic mass is 9.91. The fraction of sp³-hybridized carbons (Fsp3) is 0.318. The molecule has 0 saturated heterocycles. The van der Waals surface area contributed by atoms with Gasteiger partial charge in [-0.1, -0.05) is 11.6 Å². The molecule has 1 atom stereocenters. The van der Waals surface area contributed by atoms with Gasteiger partial charge in [0.2, 0.25) is 0 Å². The van der Waals surface area contributed by atoms with E-state index in [0.29, 0.717) is 12.2 Å². The lowest BCUT2D eigenvalue weighted by molar-refractivity contribution is 0.0526. The molecule has 0 bridgehead atoms. The van der Waals surface area contributed by atoms with E-state index in [0.717, 1.165) is 18.5 Å². The highest BCUT2D eigenvalue weighted by Gasteiger charge is 2.24. The Morgan fingerprint density at radius 1 is 1.23 bits per heavy atom. The van der Waals surface area contributed by atoms with Crippen LogP contribution in [0.5, 0.6) is 0 Å². The Bertz CT molecular complexity index is 941. The largest absolute Gasteiger partial charge is 0.462 e. The van der Waals surface area contributed by atoms with Crippen molar-refractivity contribution in [3.63, 3.8) is 0 Å². The SMILES string of the molecule is CCOC(=O)c1ccc(N[C@@H]2CCCc3c2[nH]c2ccc(C)cc32)cc1. The third-order valence-electron chi connectivity index (χ3n) is 5.10. The zero-order chi connectivity index (χ0) is 18.1. The van der Waals surface area contributed by atoms with Crippen molar-refractivity contribution in [3.05, 3.63) is 64.8 Å². The predicted molar refractivity (Wildman–Crippen MR) is 105 cm³/mol. The molecule has 0 spiro atoms. The number of rotatable bonds is 4. The van der Waals surface area contributed by atoms with Crippen LogP contribution in [0.1, 0.15) is 53.0 Å². The highest BCUT2D eigenvalue weighted by molar-refractivity contribution is 5.90. The summed E-state index contributed by atoms with van der Waals surface area (Å²) in [6, 6.07) is 14.4. The number of esters is 1. The number of aromatic nitrogens is 1. The number of anilines is 1. The van der Waals surface area contributed by atoms with Crippen LogP contribution in [0, 0.1) is 6.92 Å². The van der Waals surface area contributed by atoms with Gasteiger partial charge in [0.05, 0.1) is 18.2 Å². The Labute approximate surface area is 153 Å². The van der Waals surface area contributed by atoms with E-state index in [1.807, 2.05) is 31.2 Å². The summed E-state index contributed by atoms with van der Waals surface area (Å²) >= 11 is 0. The van der Waals surface area contributed by atoms with Gasteiger partial charge >= 0.3 is 5.97 Å². The average molecular weight is 348 g/mol. The topological polar surface area (TPSA) is 54.1 Å². The molecule has 3 aromatic rings. The number of aryl methyl sites for hydroxylation is 2. The number of aromatic amines is 1. The molecule has 0 unspecified atom stereocenters. The maximum atomic E-state index is 11.8. The minimum Gasteiger partial charge on any atom is -0.462 e. The van der Waals surface area contributed by atoms with Crippen molar-refractivity contribution in [3.8, 4) is 0 Å². The molecule has 0 radical (unpaired) electrons. The van der Waals surface area contributed by atoms with Gasteiger partial charge in [0.25, 0.3) is 0 Å². The van der Waals surface area contributed by atoms with Gasteiger partial charge in [-0.15, -0.1) is 0 Å². The first kappa shape index (κ1) is 16.7. The standard InChI is InChI=1S/C22H24N2O2/c1-3-26-22(25)15-8-10-16(11-9-15)23-20-6-4-5-17-18-13-14(2)7-12-19(18)24-21(17)20/h7-13,20,23-24H,3-6H2,1-2H3/t20-/m1/s1. The monoisotopic (exact) mass is 348 g/mol. The van der Waals surface area contributed by atoms with E-state index in [9.17, 15) is 4.79 Å². The summed E-state index contributed by atoms with van der Waals surface area (Å²) < 4.78 is 5.04. The van der Waals surface area contributed by atoms with E-state index in [-0.39, 0.29) is 12.0 Å². The van der Waals surface area contributed by atoms with Crippen LogP contribution >= 0.6 is 0 Å². The number of carbonyl (C=O) groups excluding carboxylic acids is 1. The summed E-state index contributed by atoms with van der Waals surface area (Å²) in [6.07, 6.45) is 3.39. The molecule has 1 aromatic heterocycles. The summed E-state index contributed by atoms with van der Waals surface area (Å²) in [7, 11) is 0. The van der Waals surface area contributed by atoms with Gasteiger partial charge in [-0.05, 0) is 75.1 Å². The van der Waals surface area contributed by atoms with Crippen molar-refractivity contribution in [1.29, 1.82) is 0 Å². The molecule has 2 N–H and O–H groups in total. The Balaban J connectivity index is 1.59. The predicted octanol–water partition coefficient (Wildman–Crippen LogP) is 5.14. The van der Waals surface area contributed by atoms with Gasteiger partial charge in [-0.2, -0.15) is 0 Å². The molecule has 1 aliphatic rings. The molecular weight excluding hydrogens is 324 g/mol. The van der Waals surface area contributed by atoms with E-state index in [1.165, 1.54) is 34.1 Å². The molecule has 1 heterocycles. The van der Waals surface area contributed by atoms with Gasteiger partial charge in [0.15, 0.2) is 0 Å². The van der Waals surface area contributed by atoms with Gasteiger partial charge < -0.3 is 15.0 Å². The van der Waals surface area contributed by atoms with Crippen molar-refractivity contribution in [2.45, 2.75) is 39.2 Å². The van der Waals surface area contributed by atoms with E-state index in [4.69, 9.17) is 4.74 Å². The number of fused-ring (bicyclic) bond motifs is 3. The molecule has 4 nitrogen and oxygen atoms in total. The molecule has 0 saturated carbocycles. The highest BCUT2D eigenvalue weighted by Crippen LogP contribution is 2.36. The first-order valence-corrected chi connectivity index (χ1v) is 9.30. The van der Waals surface area contributed by atoms with Gasteiger partial charge in [0.1, 0.15) is 0 Å². The fourth-order valence-corrected chi connectivity index (χ4v) is 3.84. The molecule has 0 amide bonds. The van der Waals surface area contributed by atoms with Crippen molar-refractivity contribution < 1.29 is 9.53 Å². The molecule has 4 heteroatoms. The van der Waals surface area contributed by atoms with Crippen LogP contribution in [0.2, 0.25) is 0 Å². The summed E-state index contributed by atoms with van der Waals surface area (Å²) in [4.78, 5) is 15.4. The van der Waals surface area contributed by atoms with Gasteiger partial charge in [-0.3, -0.25) is 0 Å². The number of H-pyrrole nitrogens is 1. The first-order chi connectivity index (χ1) is 12.7. The number of ether oxygens (including phenoxy) is 1. The fourth-order valence-electron chi connectivity index (χ4n) is 3.84. The van der Waals surface area contributed by atoms with Gasteiger partial charge in [-0.25, -0.2) is 4.79 Å². The Kier molecular flexibility index (Phi) is 4.41. The Morgan fingerprint density at radius 3 is 2.81 bits per heavy atom. The molecule has 0 fully saturated rings. The molecule has 134 valence electrons. The minimum atomic E-state index is -0.273. The van der Waals surface area contributed by atoms with Crippen LogP contribution in [0.25, 0.3) is 10.9 Å². The number of benzene rings is 2. The van der Waals surface area contributed by atoms with E-state index in [1.54, 1.807) is 0 Å². The van der Waals surface area contributed by atoms with Gasteiger partial charge in [0, 0.05) is 22.3 Å². The summed E-state index contributed by atoms with van der Waals surface area (Å²) in [5.41, 5.74) is 6.85. The van der Waals surface area contributed by atoms with E-state index in [2.05, 4.69) is 35.4 Å². The molecular formula is C22H24N2O2. The minimum absolute atomic E-state index is 0.264. The molecule has 1 aliphatic carbocycles. The molecule has 2 aromatic carbocycles. The maximum Gasteiger partial charge on any atom is 0.338 e. The van der Waals surface area contributed by atoms with Crippen molar-refractivity contribution in [1.82, 2.24) is 4.98 Å². The van der Waals surface area contributed by atoms with Crippen molar-refractivity contribution in [2.75, 3.05) is 11.9 Å². The summed E-state index contributed by atoms with van der Waals surface area (Å²) in [6.45, 7) is 4.35. The normalized spacial score (nSPS) is 16.3. The molecule has 26 heavy (non-hydrogen) atoms. The highest BCUT2D eigenvalue weighted by atomic mass is 16.5. The van der Waals surface area contributed by atoms with Crippen LogP contribution in [0.3, 0.4) is 0 Å². The Hall–Kier alpha value is -2.75. The first-order valence-electron chi connectivity index (χ1n) is 9.30. The van der Waals surface area contributed by atoms with Crippen molar-refractivity contribution in [2.24, 2.45) is 0 Å². The molecule has 4 rings (SSSR count). The maximum absolute atomic E-state index is 11.8. The van der Waals surface area contributed by atoms with Crippen LogP contribution in [-0.2, 0) is 11.2 Å². The zero-order valence-corrected chi connectivity index (χ0v) is 15.3. The van der Waals surface area contributed by atoms with Crippen molar-refractivity contribution >= 4 is 22.6 Å². The summed E-state index contributed by atoms with van der Waals surface area (Å²) in [5.74, 6) is -0.273. The van der Waals surface area contributed by atoms with E-state index >= 15 is 0 Å². The van der Waals surface area contributed by atoms with Crippen LogP contribution in [0.15, 0.2) is 42.5 Å². The average Bonchev–Trinajstić information content (AvgIpc) is 3.02. The number of hydrogen-bond donors (Lipinski definition) is 2. The summed E-state index contributed by atoms with van der Waals surface area (Å²) in [5, 5.41) is 4.98. The molecule has 0 aliphatic heterocycles. The van der Waals surface area contributed by atoms with Crippen LogP contribution in [0.4, 0.5) is 5.69 Å². The third kappa shape index (κ3) is 3.07. The second-order valence-corrected chi connectivity index (χ2v) is 6.95. The quantitative estimate of drug-likeness (QED) is 0.642. The lowest BCUT2D eigenvalue weighted by Crippen LogP contribution is -2.17. The number of carbonyl (C=O) groups is 1. The Morgan fingerprint density at radius 2 is 2.04 bits per heavy atom. The van der Waals surface area contributed by atoms with E-state index < -0.39 is 0 Å². The third-order valence-corrected chi connectivity index (χ3v) is 5.10. The zero-order valence-electron chi connectivity index (χ0n) is 15.3. The van der Waals surface area contributed by atoms with Crippen LogP contribution < -0.4 is 5.32 Å².